The van der Waals surface area contributed by atoms with Crippen LogP contribution < -0.4 is 0 Å². The zero-order chi connectivity index (χ0) is 13.6. The molecule has 0 atom stereocenters. The van der Waals surface area contributed by atoms with Crippen molar-refractivity contribution in [1.82, 2.24) is 4.57 Å². The minimum absolute atomic E-state index is 0.00328. The molecular formula is C14H13NO4. The number of rotatable bonds is 2. The lowest BCUT2D eigenvalue weighted by Gasteiger charge is -2.18. The molecule has 1 aromatic rings. The fourth-order valence-corrected chi connectivity index (χ4v) is 2.91. The van der Waals surface area contributed by atoms with Gasteiger partial charge in [-0.25, -0.2) is 0 Å². The Balaban J connectivity index is 2.31. The first kappa shape index (κ1) is 11.9. The minimum atomic E-state index is -0.374. The predicted octanol–water partition coefficient (Wildman–Crippen LogP) is 1.55. The normalized spacial score (nSPS) is 17.6. The number of aromatic nitrogens is 1. The van der Waals surface area contributed by atoms with Crippen LogP contribution in [0.25, 0.3) is 0 Å². The minimum Gasteiger partial charge on any atom is -0.492 e. The van der Waals surface area contributed by atoms with Crippen LogP contribution in [-0.2, 0) is 17.7 Å². The van der Waals surface area contributed by atoms with Gasteiger partial charge in [-0.2, -0.15) is 0 Å². The fourth-order valence-electron chi connectivity index (χ4n) is 2.91. The molecule has 0 aromatic carbocycles. The second kappa shape index (κ2) is 4.19. The average Bonchev–Trinajstić information content (AvgIpc) is 2.77. The van der Waals surface area contributed by atoms with Crippen molar-refractivity contribution < 1.29 is 19.1 Å². The quantitative estimate of drug-likeness (QED) is 0.756. The number of carbonyl (C=O) groups is 3. The average molecular weight is 259 g/mol. The number of fused-ring (bicyclic) bond motifs is 3. The number of Topliss-reactive ketones (excluding diaryl/α,β-unsaturated/α-hetero) is 1. The lowest BCUT2D eigenvalue weighted by molar-refractivity contribution is 0.0911. The van der Waals surface area contributed by atoms with Crippen molar-refractivity contribution in [2.24, 2.45) is 0 Å². The van der Waals surface area contributed by atoms with Crippen molar-refractivity contribution in [2.75, 3.05) is 7.11 Å². The SMILES string of the molecule is COC1=CC(=O)c2c(c(C=O)c3n2CCCC3)C1=O. The summed E-state index contributed by atoms with van der Waals surface area (Å²) in [5.41, 5.74) is 1.73. The second-order valence-electron chi connectivity index (χ2n) is 4.72. The van der Waals surface area contributed by atoms with E-state index in [4.69, 9.17) is 4.74 Å². The molecule has 5 nitrogen and oxygen atoms in total. The molecule has 0 radical (unpaired) electrons. The summed E-state index contributed by atoms with van der Waals surface area (Å²) in [4.78, 5) is 35.8. The molecular weight excluding hydrogens is 246 g/mol. The Morgan fingerprint density at radius 3 is 2.79 bits per heavy atom. The number of ketones is 2. The Bertz CT molecular complexity index is 636. The molecule has 0 bridgehead atoms. The standard InChI is InChI=1S/C14H13NO4/c1-19-11-6-10(17)13-12(14(11)18)8(7-16)9-4-2-3-5-15(9)13/h6-7H,2-5H2,1H3. The molecule has 0 unspecified atom stereocenters. The maximum Gasteiger partial charge on any atom is 0.230 e. The number of allylic oxidation sites excluding steroid dienone is 2. The highest BCUT2D eigenvalue weighted by Crippen LogP contribution is 2.32. The molecule has 3 rings (SSSR count). The second-order valence-corrected chi connectivity index (χ2v) is 4.72. The Labute approximate surface area is 109 Å². The van der Waals surface area contributed by atoms with E-state index in [0.717, 1.165) is 25.0 Å². The Hall–Kier alpha value is -2.17. The van der Waals surface area contributed by atoms with Gasteiger partial charge in [0.2, 0.25) is 11.6 Å². The van der Waals surface area contributed by atoms with Crippen LogP contribution in [0.5, 0.6) is 0 Å². The molecule has 0 N–H and O–H groups in total. The third-order valence-corrected chi connectivity index (χ3v) is 3.74. The van der Waals surface area contributed by atoms with Crippen LogP contribution in [-0.4, -0.2) is 29.5 Å². The van der Waals surface area contributed by atoms with Gasteiger partial charge in [0.25, 0.3) is 0 Å². The van der Waals surface area contributed by atoms with Crippen LogP contribution in [0.2, 0.25) is 0 Å². The summed E-state index contributed by atoms with van der Waals surface area (Å²) in [6, 6.07) is 0. The number of carbonyl (C=O) groups excluding carboxylic acids is 3. The molecule has 0 saturated carbocycles. The predicted molar refractivity (Wildman–Crippen MR) is 66.5 cm³/mol. The van der Waals surface area contributed by atoms with Gasteiger partial charge in [-0.3, -0.25) is 14.4 Å². The van der Waals surface area contributed by atoms with Gasteiger partial charge in [-0.1, -0.05) is 0 Å². The molecule has 2 heterocycles. The summed E-state index contributed by atoms with van der Waals surface area (Å²) in [5, 5.41) is 0. The third-order valence-electron chi connectivity index (χ3n) is 3.74. The lowest BCUT2D eigenvalue weighted by atomic mass is 9.96. The topological polar surface area (TPSA) is 65.4 Å². The van der Waals surface area contributed by atoms with Crippen LogP contribution in [0.3, 0.4) is 0 Å². The van der Waals surface area contributed by atoms with Crippen molar-refractivity contribution >= 4 is 17.9 Å². The Kier molecular flexibility index (Phi) is 2.62. The molecule has 0 fully saturated rings. The molecule has 19 heavy (non-hydrogen) atoms. The largest absolute Gasteiger partial charge is 0.492 e. The van der Waals surface area contributed by atoms with E-state index in [-0.39, 0.29) is 22.9 Å². The van der Waals surface area contributed by atoms with Crippen molar-refractivity contribution in [3.8, 4) is 0 Å². The van der Waals surface area contributed by atoms with E-state index in [1.807, 2.05) is 4.57 Å². The van der Waals surface area contributed by atoms with E-state index in [0.29, 0.717) is 24.1 Å². The highest BCUT2D eigenvalue weighted by Gasteiger charge is 2.36. The molecule has 1 aliphatic carbocycles. The molecule has 98 valence electrons. The van der Waals surface area contributed by atoms with Crippen molar-refractivity contribution in [2.45, 2.75) is 25.8 Å². The Morgan fingerprint density at radius 1 is 1.32 bits per heavy atom. The summed E-state index contributed by atoms with van der Waals surface area (Å²) in [6.07, 6.45) is 4.54. The molecule has 1 aliphatic heterocycles. The molecule has 0 spiro atoms. The molecule has 0 saturated heterocycles. The van der Waals surface area contributed by atoms with Crippen LogP contribution in [0.15, 0.2) is 11.8 Å². The zero-order valence-corrected chi connectivity index (χ0v) is 10.6. The number of methoxy groups -OCH3 is 1. The maximum absolute atomic E-state index is 12.3. The number of nitrogens with zero attached hydrogens (tertiary/aromatic N) is 1. The third kappa shape index (κ3) is 1.51. The Morgan fingerprint density at radius 2 is 2.11 bits per heavy atom. The maximum atomic E-state index is 12.3. The van der Waals surface area contributed by atoms with E-state index < -0.39 is 0 Å². The zero-order valence-electron chi connectivity index (χ0n) is 10.6. The van der Waals surface area contributed by atoms with Gasteiger partial charge in [0, 0.05) is 23.9 Å². The van der Waals surface area contributed by atoms with E-state index in [2.05, 4.69) is 0 Å². The van der Waals surface area contributed by atoms with Gasteiger partial charge >= 0.3 is 0 Å². The van der Waals surface area contributed by atoms with Crippen LogP contribution in [0, 0.1) is 0 Å². The first-order valence-corrected chi connectivity index (χ1v) is 6.24. The van der Waals surface area contributed by atoms with Crippen molar-refractivity contribution in [3.05, 3.63) is 34.3 Å². The number of hydrogen-bond donors (Lipinski definition) is 0. The van der Waals surface area contributed by atoms with Crippen molar-refractivity contribution in [1.29, 1.82) is 0 Å². The highest BCUT2D eigenvalue weighted by atomic mass is 16.5. The summed E-state index contributed by atoms with van der Waals surface area (Å²) < 4.78 is 6.75. The molecule has 0 amide bonds. The number of aldehydes is 1. The lowest BCUT2D eigenvalue weighted by Crippen LogP contribution is -2.21. The summed E-state index contributed by atoms with van der Waals surface area (Å²) in [6.45, 7) is 0.681. The summed E-state index contributed by atoms with van der Waals surface area (Å²) in [5.74, 6) is -0.632. The molecule has 1 aromatic heterocycles. The van der Waals surface area contributed by atoms with Gasteiger partial charge < -0.3 is 9.30 Å². The van der Waals surface area contributed by atoms with Crippen LogP contribution in [0.4, 0.5) is 0 Å². The van der Waals surface area contributed by atoms with Crippen molar-refractivity contribution in [3.63, 3.8) is 0 Å². The first-order valence-electron chi connectivity index (χ1n) is 6.24. The first-order chi connectivity index (χ1) is 9.19. The van der Waals surface area contributed by atoms with E-state index in [1.54, 1.807) is 0 Å². The van der Waals surface area contributed by atoms with Crippen LogP contribution >= 0.6 is 0 Å². The summed E-state index contributed by atoms with van der Waals surface area (Å²) >= 11 is 0. The van der Waals surface area contributed by atoms with Gasteiger partial charge in [0.1, 0.15) is 5.69 Å². The van der Waals surface area contributed by atoms with Crippen LogP contribution in [0.1, 0.15) is 49.7 Å². The van der Waals surface area contributed by atoms with Gasteiger partial charge in [-0.15, -0.1) is 0 Å². The smallest absolute Gasteiger partial charge is 0.230 e. The van der Waals surface area contributed by atoms with Gasteiger partial charge in [0.15, 0.2) is 12.0 Å². The van der Waals surface area contributed by atoms with E-state index >= 15 is 0 Å². The van der Waals surface area contributed by atoms with Gasteiger partial charge in [-0.05, 0) is 19.3 Å². The highest BCUT2D eigenvalue weighted by molar-refractivity contribution is 6.25. The molecule has 5 heteroatoms. The number of ether oxygens (including phenoxy) is 1. The number of hydrogen-bond acceptors (Lipinski definition) is 4. The fraction of sp³-hybridized carbons (Fsp3) is 0.357. The molecule has 2 aliphatic rings. The van der Waals surface area contributed by atoms with E-state index in [1.165, 1.54) is 13.2 Å². The van der Waals surface area contributed by atoms with E-state index in [9.17, 15) is 14.4 Å². The monoisotopic (exact) mass is 259 g/mol. The summed E-state index contributed by atoms with van der Waals surface area (Å²) in [7, 11) is 1.35. The van der Waals surface area contributed by atoms with Gasteiger partial charge in [0.05, 0.1) is 12.7 Å².